The van der Waals surface area contributed by atoms with E-state index in [1.54, 1.807) is 11.2 Å². The van der Waals surface area contributed by atoms with E-state index < -0.39 is 10.0 Å². The first kappa shape index (κ1) is 12.0. The summed E-state index contributed by atoms with van der Waals surface area (Å²) < 4.78 is 24.8. The molecule has 1 saturated heterocycles. The molecule has 1 aliphatic rings. The molecular weight excluding hydrogens is 198 g/mol. The molecule has 0 aromatic heterocycles. The highest BCUT2D eigenvalue weighted by Crippen LogP contribution is 2.25. The maximum Gasteiger partial charge on any atom is 0.213 e. The third kappa shape index (κ3) is 2.95. The van der Waals surface area contributed by atoms with E-state index in [1.807, 2.05) is 0 Å². The van der Waals surface area contributed by atoms with Gasteiger partial charge in [0.15, 0.2) is 0 Å². The van der Waals surface area contributed by atoms with Crippen molar-refractivity contribution in [1.29, 1.82) is 0 Å². The topological polar surface area (TPSA) is 37.4 Å². The van der Waals surface area contributed by atoms with Gasteiger partial charge in [0.05, 0.1) is 5.75 Å². The normalized spacial score (nSPS) is 24.7. The van der Waals surface area contributed by atoms with Gasteiger partial charge in [-0.1, -0.05) is 13.8 Å². The average Bonchev–Trinajstić information content (AvgIpc) is 2.52. The molecule has 1 atom stereocenters. The van der Waals surface area contributed by atoms with Crippen LogP contribution in [-0.2, 0) is 10.0 Å². The van der Waals surface area contributed by atoms with E-state index in [0.717, 1.165) is 25.9 Å². The lowest BCUT2D eigenvalue weighted by atomic mass is 9.97. The summed E-state index contributed by atoms with van der Waals surface area (Å²) >= 11 is 0. The van der Waals surface area contributed by atoms with E-state index >= 15 is 0 Å². The van der Waals surface area contributed by atoms with Crippen molar-refractivity contribution in [1.82, 2.24) is 4.31 Å². The number of rotatable bonds is 4. The first-order valence-corrected chi connectivity index (χ1v) is 7.04. The van der Waals surface area contributed by atoms with Gasteiger partial charge in [-0.2, -0.15) is 0 Å². The fraction of sp³-hybridized carbons (Fsp3) is 1.00. The minimum absolute atomic E-state index is 0.237. The van der Waals surface area contributed by atoms with Crippen molar-refractivity contribution in [3.63, 3.8) is 0 Å². The zero-order valence-electron chi connectivity index (χ0n) is 9.36. The summed E-state index contributed by atoms with van der Waals surface area (Å²) in [5, 5.41) is 0. The molecule has 0 aromatic carbocycles. The van der Waals surface area contributed by atoms with Gasteiger partial charge < -0.3 is 0 Å². The number of nitrogens with zero attached hydrogens (tertiary/aromatic N) is 1. The molecule has 0 bridgehead atoms. The van der Waals surface area contributed by atoms with Gasteiger partial charge in [-0.05, 0) is 31.6 Å². The maximum atomic E-state index is 11.6. The molecular formula is C10H21NO2S. The summed E-state index contributed by atoms with van der Waals surface area (Å²) in [6, 6.07) is 0. The smallest absolute Gasteiger partial charge is 0.212 e. The second-order valence-electron chi connectivity index (χ2n) is 4.54. The molecule has 0 spiro atoms. The summed E-state index contributed by atoms with van der Waals surface area (Å²) in [6.45, 7) is 7.57. The summed E-state index contributed by atoms with van der Waals surface area (Å²) in [6.07, 6.45) is 2.19. The second-order valence-corrected chi connectivity index (χ2v) is 6.80. The van der Waals surface area contributed by atoms with Crippen molar-refractivity contribution >= 4 is 10.0 Å². The van der Waals surface area contributed by atoms with Gasteiger partial charge in [-0.15, -0.1) is 0 Å². The summed E-state index contributed by atoms with van der Waals surface area (Å²) in [5.41, 5.74) is 0. The Morgan fingerprint density at radius 1 is 1.43 bits per heavy atom. The Hall–Kier alpha value is -0.0900. The van der Waals surface area contributed by atoms with Crippen molar-refractivity contribution in [2.24, 2.45) is 11.8 Å². The second kappa shape index (κ2) is 4.62. The highest BCUT2D eigenvalue weighted by molar-refractivity contribution is 7.89. The van der Waals surface area contributed by atoms with Crippen LogP contribution in [0.4, 0.5) is 0 Å². The largest absolute Gasteiger partial charge is 0.213 e. The zero-order chi connectivity index (χ0) is 10.8. The predicted molar refractivity (Wildman–Crippen MR) is 58.6 cm³/mol. The van der Waals surface area contributed by atoms with E-state index in [2.05, 4.69) is 13.8 Å². The van der Waals surface area contributed by atoms with Crippen LogP contribution in [0.25, 0.3) is 0 Å². The number of sulfonamides is 1. The minimum atomic E-state index is -2.93. The van der Waals surface area contributed by atoms with Crippen molar-refractivity contribution in [3.05, 3.63) is 0 Å². The van der Waals surface area contributed by atoms with Crippen LogP contribution in [0.1, 0.15) is 33.6 Å². The third-order valence-electron chi connectivity index (χ3n) is 2.81. The molecule has 0 N–H and O–H groups in total. The highest BCUT2D eigenvalue weighted by Gasteiger charge is 2.30. The number of hydrogen-bond acceptors (Lipinski definition) is 2. The van der Waals surface area contributed by atoms with Crippen LogP contribution in [0.5, 0.6) is 0 Å². The van der Waals surface area contributed by atoms with Crippen LogP contribution < -0.4 is 0 Å². The SMILES string of the molecule is CCS(=O)(=O)N1CCC(CC(C)C)C1. The van der Waals surface area contributed by atoms with Crippen molar-refractivity contribution in [3.8, 4) is 0 Å². The van der Waals surface area contributed by atoms with E-state index in [4.69, 9.17) is 0 Å². The molecule has 84 valence electrons. The molecule has 14 heavy (non-hydrogen) atoms. The van der Waals surface area contributed by atoms with E-state index in [-0.39, 0.29) is 5.75 Å². The van der Waals surface area contributed by atoms with Crippen molar-refractivity contribution < 1.29 is 8.42 Å². The van der Waals surface area contributed by atoms with Gasteiger partial charge in [-0.25, -0.2) is 12.7 Å². The van der Waals surface area contributed by atoms with Crippen LogP contribution >= 0.6 is 0 Å². The molecule has 0 saturated carbocycles. The molecule has 1 unspecified atom stereocenters. The lowest BCUT2D eigenvalue weighted by Gasteiger charge is -2.16. The predicted octanol–water partition coefficient (Wildman–Crippen LogP) is 1.70. The fourth-order valence-corrected chi connectivity index (χ4v) is 3.28. The Bertz CT molecular complexity index is 272. The van der Waals surface area contributed by atoms with Crippen LogP contribution in [0.2, 0.25) is 0 Å². The lowest BCUT2D eigenvalue weighted by Crippen LogP contribution is -2.30. The summed E-state index contributed by atoms with van der Waals surface area (Å²) in [7, 11) is -2.93. The zero-order valence-corrected chi connectivity index (χ0v) is 10.2. The van der Waals surface area contributed by atoms with E-state index in [0.29, 0.717) is 11.8 Å². The van der Waals surface area contributed by atoms with E-state index in [9.17, 15) is 8.42 Å². The maximum absolute atomic E-state index is 11.6. The van der Waals surface area contributed by atoms with Crippen LogP contribution in [-0.4, -0.2) is 31.6 Å². The molecule has 0 amide bonds. The Morgan fingerprint density at radius 3 is 2.57 bits per heavy atom. The quantitative estimate of drug-likeness (QED) is 0.722. The van der Waals surface area contributed by atoms with Crippen LogP contribution in [0.15, 0.2) is 0 Å². The van der Waals surface area contributed by atoms with Crippen molar-refractivity contribution in [2.45, 2.75) is 33.6 Å². The molecule has 0 aromatic rings. The minimum Gasteiger partial charge on any atom is -0.212 e. The van der Waals surface area contributed by atoms with Gasteiger partial charge in [-0.3, -0.25) is 0 Å². The highest BCUT2D eigenvalue weighted by atomic mass is 32.2. The van der Waals surface area contributed by atoms with Crippen LogP contribution in [0.3, 0.4) is 0 Å². The molecule has 1 fully saturated rings. The Labute approximate surface area is 87.5 Å². The standard InChI is InChI=1S/C10H21NO2S/c1-4-14(12,13)11-6-5-10(8-11)7-9(2)3/h9-10H,4-8H2,1-3H3. The van der Waals surface area contributed by atoms with Gasteiger partial charge in [0, 0.05) is 13.1 Å². The molecule has 1 rings (SSSR count). The van der Waals surface area contributed by atoms with Crippen LogP contribution in [0, 0.1) is 11.8 Å². The average molecular weight is 219 g/mol. The van der Waals surface area contributed by atoms with Gasteiger partial charge in [0.1, 0.15) is 0 Å². The third-order valence-corrected chi connectivity index (χ3v) is 4.66. The Balaban J connectivity index is 2.49. The Morgan fingerprint density at radius 2 is 2.07 bits per heavy atom. The van der Waals surface area contributed by atoms with Crippen molar-refractivity contribution in [2.75, 3.05) is 18.8 Å². The molecule has 0 radical (unpaired) electrons. The lowest BCUT2D eigenvalue weighted by molar-refractivity contribution is 0.407. The monoisotopic (exact) mass is 219 g/mol. The van der Waals surface area contributed by atoms with Gasteiger partial charge in [0.25, 0.3) is 0 Å². The molecule has 4 heteroatoms. The first-order valence-electron chi connectivity index (χ1n) is 5.43. The van der Waals surface area contributed by atoms with Gasteiger partial charge >= 0.3 is 0 Å². The molecule has 1 heterocycles. The first-order chi connectivity index (χ1) is 6.45. The summed E-state index contributed by atoms with van der Waals surface area (Å²) in [5.74, 6) is 1.49. The number of hydrogen-bond donors (Lipinski definition) is 0. The summed E-state index contributed by atoms with van der Waals surface area (Å²) in [4.78, 5) is 0. The van der Waals surface area contributed by atoms with Gasteiger partial charge in [0.2, 0.25) is 10.0 Å². The fourth-order valence-electron chi connectivity index (χ4n) is 2.09. The molecule has 0 aliphatic carbocycles. The van der Waals surface area contributed by atoms with E-state index in [1.165, 1.54) is 0 Å². The Kier molecular flexibility index (Phi) is 3.95. The molecule has 1 aliphatic heterocycles. The molecule has 3 nitrogen and oxygen atoms in total.